The molecule has 0 saturated carbocycles. The lowest BCUT2D eigenvalue weighted by atomic mass is 9.90. The van der Waals surface area contributed by atoms with E-state index in [1.807, 2.05) is 86.6 Å². The van der Waals surface area contributed by atoms with Crippen molar-refractivity contribution >= 4 is 18.3 Å². The van der Waals surface area contributed by atoms with Gasteiger partial charge in [0, 0.05) is 10.6 Å². The highest BCUT2D eigenvalue weighted by atomic mass is 32.1. The maximum Gasteiger partial charge on any atom is 0.0410 e. The Kier molecular flexibility index (Phi) is 123. The lowest BCUT2D eigenvalue weighted by Crippen LogP contribution is -2.16. The van der Waals surface area contributed by atoms with Crippen LogP contribution in [0.3, 0.4) is 0 Å². The molecule has 0 spiro atoms. The van der Waals surface area contributed by atoms with Crippen LogP contribution in [0.15, 0.2) is 73.4 Å². The number of allylic oxidation sites excluding steroid dienone is 7. The Labute approximate surface area is 466 Å². The van der Waals surface area contributed by atoms with Gasteiger partial charge in [0.15, 0.2) is 0 Å². The number of unbranched alkanes of at least 4 members (excludes halogenated alkanes) is 24. The lowest BCUT2D eigenvalue weighted by Gasteiger charge is -2.16. The van der Waals surface area contributed by atoms with Crippen molar-refractivity contribution in [3.05, 3.63) is 73.4 Å². The molecular formula is C68H143N3S. The quantitative estimate of drug-likeness (QED) is 0.0162. The summed E-state index contributed by atoms with van der Waals surface area (Å²) in [5, 5.41) is 10.4. The molecule has 0 aliphatic carbocycles. The van der Waals surface area contributed by atoms with E-state index in [2.05, 4.69) is 85.8 Å². The number of hydrogen-bond donors (Lipinski definition) is 4. The largest absolute Gasteiger partial charge is 0.405 e. The second kappa shape index (κ2) is 98.4. The molecule has 436 valence electrons. The number of nitrogens with two attached hydrogens (primary N) is 1. The van der Waals surface area contributed by atoms with Gasteiger partial charge in [-0.3, -0.25) is 0 Å². The summed E-state index contributed by atoms with van der Waals surface area (Å²) in [4.78, 5) is 0.537. The SMILES string of the molecule is C=C.C=C(CCCCCCCNCCCCCCCC)CC(CC)CCCCCCCC.C=C(S)C(C)=N.CC.CC.CC.CC=CC.CC=CC=CN.CCCCCCCCC(C)CCCCCCCC. The van der Waals surface area contributed by atoms with E-state index in [1.54, 1.807) is 13.0 Å². The summed E-state index contributed by atoms with van der Waals surface area (Å²) in [5.41, 5.74) is 6.93. The number of rotatable bonds is 41. The van der Waals surface area contributed by atoms with Crippen molar-refractivity contribution < 1.29 is 0 Å². The van der Waals surface area contributed by atoms with Crippen LogP contribution in [0.5, 0.6) is 0 Å². The molecule has 1 unspecified atom stereocenters. The predicted molar refractivity (Wildman–Crippen MR) is 350 cm³/mol. The molecule has 0 aromatic heterocycles. The number of nitrogens with one attached hydrogen (secondary N) is 2. The summed E-state index contributed by atoms with van der Waals surface area (Å²) in [7, 11) is 0. The van der Waals surface area contributed by atoms with Crippen LogP contribution in [0.4, 0.5) is 0 Å². The van der Waals surface area contributed by atoms with Crippen LogP contribution in [0.1, 0.15) is 336 Å². The van der Waals surface area contributed by atoms with Gasteiger partial charge in [-0.15, -0.1) is 25.8 Å². The maximum atomic E-state index is 6.77. The standard InChI is InChI=1S/C29H59N.C18H38.C5H9N.C4H7NS.C4H8.3C2H6.C2H4/c1-5-8-10-12-16-20-24-29(7-3)27-28(4)23-19-15-14-18-22-26-30-25-21-17-13-11-9-6-2;1-4-6-8-10-12-14-16-18(3)17-15-13-11-9-7-5-2;1-2-3-4-5-6;1-3(5)4(2)6;1-3-4-2;4*1-2/h29-30H,4-27H2,1-3H3;18H,4-17H2,1-3H3;2-5H,6H2,1H3;5-6H,2H2,1H3;3-4H,1-2H3;3*1-2H3;1-2H2. The third-order valence-electron chi connectivity index (χ3n) is 12.0. The molecule has 0 aliphatic rings. The van der Waals surface area contributed by atoms with E-state index in [0.29, 0.717) is 10.6 Å². The third kappa shape index (κ3) is 113. The van der Waals surface area contributed by atoms with Gasteiger partial charge < -0.3 is 16.5 Å². The zero-order valence-corrected chi connectivity index (χ0v) is 54.0. The normalized spacial score (nSPS) is 10.4. The van der Waals surface area contributed by atoms with E-state index in [4.69, 9.17) is 11.1 Å². The molecular weight excluding hydrogens is 891 g/mol. The van der Waals surface area contributed by atoms with Gasteiger partial charge in [-0.05, 0) is 97.0 Å². The van der Waals surface area contributed by atoms with Gasteiger partial charge in [0.25, 0.3) is 0 Å². The van der Waals surface area contributed by atoms with E-state index in [1.165, 1.54) is 250 Å². The first-order chi connectivity index (χ1) is 35.0. The van der Waals surface area contributed by atoms with E-state index < -0.39 is 0 Å². The molecule has 0 rings (SSSR count). The number of hydrogen-bond acceptors (Lipinski definition) is 4. The van der Waals surface area contributed by atoms with Gasteiger partial charge in [-0.25, -0.2) is 0 Å². The van der Waals surface area contributed by atoms with Crippen molar-refractivity contribution in [2.45, 2.75) is 336 Å². The second-order valence-electron chi connectivity index (χ2n) is 18.7. The van der Waals surface area contributed by atoms with Crippen molar-refractivity contribution in [1.29, 1.82) is 5.41 Å². The molecule has 4 heteroatoms. The molecule has 0 saturated heterocycles. The topological polar surface area (TPSA) is 61.9 Å². The molecule has 0 amide bonds. The highest BCUT2D eigenvalue weighted by Gasteiger charge is 2.08. The van der Waals surface area contributed by atoms with Gasteiger partial charge in [0.1, 0.15) is 0 Å². The molecule has 0 aromatic rings. The van der Waals surface area contributed by atoms with Crippen LogP contribution in [-0.4, -0.2) is 18.8 Å². The monoisotopic (exact) mass is 1030 g/mol. The molecule has 4 N–H and O–H groups in total. The van der Waals surface area contributed by atoms with E-state index >= 15 is 0 Å². The zero-order valence-electron chi connectivity index (χ0n) is 53.1. The van der Waals surface area contributed by atoms with Crippen molar-refractivity contribution in [2.24, 2.45) is 17.6 Å². The van der Waals surface area contributed by atoms with Crippen molar-refractivity contribution in [3.63, 3.8) is 0 Å². The zero-order chi connectivity index (χ0) is 57.0. The fourth-order valence-corrected chi connectivity index (χ4v) is 7.35. The van der Waals surface area contributed by atoms with Gasteiger partial charge >= 0.3 is 0 Å². The summed E-state index contributed by atoms with van der Waals surface area (Å²) < 4.78 is 0. The Hall–Kier alpha value is -1.78. The minimum absolute atomic E-state index is 0.429. The minimum atomic E-state index is 0.429. The molecule has 0 fully saturated rings. The summed E-state index contributed by atoms with van der Waals surface area (Å²) in [5.74, 6) is 1.86. The lowest BCUT2D eigenvalue weighted by molar-refractivity contribution is 0.429. The minimum Gasteiger partial charge on any atom is -0.405 e. The fourth-order valence-electron chi connectivity index (χ4n) is 7.35. The van der Waals surface area contributed by atoms with Gasteiger partial charge in [-0.1, -0.05) is 319 Å². The summed E-state index contributed by atoms with van der Waals surface area (Å²) in [6, 6.07) is 0. The second-order valence-corrected chi connectivity index (χ2v) is 19.2. The Morgan fingerprint density at radius 3 is 1.08 bits per heavy atom. The van der Waals surface area contributed by atoms with E-state index in [0.717, 1.165) is 11.8 Å². The van der Waals surface area contributed by atoms with Crippen molar-refractivity contribution in [1.82, 2.24) is 5.32 Å². The van der Waals surface area contributed by atoms with E-state index in [-0.39, 0.29) is 0 Å². The Morgan fingerprint density at radius 1 is 0.500 bits per heavy atom. The van der Waals surface area contributed by atoms with E-state index in [9.17, 15) is 0 Å². The van der Waals surface area contributed by atoms with Crippen molar-refractivity contribution in [3.8, 4) is 0 Å². The Bertz CT molecular complexity index is 940. The first-order valence-electron chi connectivity index (χ1n) is 31.4. The molecule has 0 aliphatic heterocycles. The number of thiol groups is 1. The van der Waals surface area contributed by atoms with Crippen LogP contribution < -0.4 is 11.1 Å². The molecule has 3 nitrogen and oxygen atoms in total. The first-order valence-corrected chi connectivity index (χ1v) is 31.8. The van der Waals surface area contributed by atoms with Gasteiger partial charge in [0.05, 0.1) is 0 Å². The van der Waals surface area contributed by atoms with Crippen LogP contribution in [-0.2, 0) is 0 Å². The molecule has 0 aromatic carbocycles. The highest BCUT2D eigenvalue weighted by Crippen LogP contribution is 2.24. The van der Waals surface area contributed by atoms with Crippen LogP contribution in [0, 0.1) is 17.2 Å². The average molecular weight is 1030 g/mol. The Morgan fingerprint density at radius 2 is 0.806 bits per heavy atom. The highest BCUT2D eigenvalue weighted by molar-refractivity contribution is 7.85. The molecule has 72 heavy (non-hydrogen) atoms. The van der Waals surface area contributed by atoms with Gasteiger partial charge in [-0.2, -0.15) is 0 Å². The molecule has 0 radical (unpaired) electrons. The smallest absolute Gasteiger partial charge is 0.0410 e. The third-order valence-corrected chi connectivity index (χ3v) is 12.3. The van der Waals surface area contributed by atoms with Crippen LogP contribution in [0.2, 0.25) is 0 Å². The summed E-state index contributed by atoms with van der Waals surface area (Å²) in [6.07, 6.45) is 60.5. The molecule has 0 heterocycles. The fraction of sp³-hybridized carbons (Fsp3) is 0.809. The molecule has 0 bridgehead atoms. The van der Waals surface area contributed by atoms with Gasteiger partial charge in [0.2, 0.25) is 0 Å². The van der Waals surface area contributed by atoms with Crippen LogP contribution in [0.25, 0.3) is 0 Å². The first kappa shape index (κ1) is 89.8. The van der Waals surface area contributed by atoms with Crippen LogP contribution >= 0.6 is 12.6 Å². The maximum absolute atomic E-state index is 6.77. The van der Waals surface area contributed by atoms with Crippen molar-refractivity contribution in [2.75, 3.05) is 13.1 Å². The summed E-state index contributed by atoms with van der Waals surface area (Å²) >= 11 is 3.77. The Balaban J connectivity index is -0.000000113. The predicted octanol–water partition coefficient (Wildman–Crippen LogP) is 25.1. The molecule has 1 atom stereocenters. The average Bonchev–Trinajstić information content (AvgIpc) is 3.41. The summed E-state index contributed by atoms with van der Waals surface area (Å²) in [6.45, 7) is 49.8.